The lowest BCUT2D eigenvalue weighted by Crippen LogP contribution is -2.37. The Morgan fingerprint density at radius 1 is 1.33 bits per heavy atom. The molecular weight excluding hydrogens is 334 g/mol. The highest BCUT2D eigenvalue weighted by Gasteiger charge is 2.23. The van der Waals surface area contributed by atoms with Crippen molar-refractivity contribution in [2.45, 2.75) is 46.3 Å². The van der Waals surface area contributed by atoms with E-state index in [4.69, 9.17) is 9.47 Å². The third kappa shape index (κ3) is 5.58. The number of carbonyl (C=O) groups is 1. The van der Waals surface area contributed by atoms with Crippen LogP contribution < -0.4 is 4.74 Å². The molecule has 0 aliphatic rings. The minimum atomic E-state index is -0.496. The number of ether oxygens (including phenoxy) is 2. The van der Waals surface area contributed by atoms with E-state index < -0.39 is 5.60 Å². The molecule has 0 radical (unpaired) electrons. The molecule has 4 nitrogen and oxygen atoms in total. The predicted octanol–water partition coefficient (Wildman–Crippen LogP) is 4.60. The third-order valence-electron chi connectivity index (χ3n) is 2.76. The second kappa shape index (κ2) is 7.69. The van der Waals surface area contributed by atoms with Crippen LogP contribution in [-0.4, -0.2) is 30.2 Å². The number of benzene rings is 1. The lowest BCUT2D eigenvalue weighted by atomic mass is 10.2. The Labute approximate surface area is 135 Å². The first-order chi connectivity index (χ1) is 9.78. The van der Waals surface area contributed by atoms with Crippen LogP contribution in [0, 0.1) is 0 Å². The van der Waals surface area contributed by atoms with Crippen LogP contribution in [0.3, 0.4) is 0 Å². The van der Waals surface area contributed by atoms with Gasteiger partial charge in [-0.15, -0.1) is 0 Å². The molecule has 0 aliphatic heterocycles. The lowest BCUT2D eigenvalue weighted by Gasteiger charge is -2.27. The standard InChI is InChI=1S/C16H24BrNO3/c1-6-10-18(15(19)21-16(2,3)4)11-12-8-7-9-13(17)14(12)20-5/h7-9H,6,10-11H2,1-5H3. The zero-order valence-electron chi connectivity index (χ0n) is 13.4. The van der Waals surface area contributed by atoms with Gasteiger partial charge in [0.1, 0.15) is 11.4 Å². The van der Waals surface area contributed by atoms with E-state index in [1.165, 1.54) is 0 Å². The van der Waals surface area contributed by atoms with Crippen LogP contribution in [0.4, 0.5) is 4.79 Å². The first-order valence-corrected chi connectivity index (χ1v) is 7.87. The van der Waals surface area contributed by atoms with E-state index in [2.05, 4.69) is 15.9 Å². The van der Waals surface area contributed by atoms with Crippen molar-refractivity contribution < 1.29 is 14.3 Å². The van der Waals surface area contributed by atoms with Crippen LogP contribution in [0.5, 0.6) is 5.75 Å². The van der Waals surface area contributed by atoms with Crippen LogP contribution in [0.15, 0.2) is 22.7 Å². The highest BCUT2D eigenvalue weighted by atomic mass is 79.9. The number of hydrogen-bond donors (Lipinski definition) is 0. The summed E-state index contributed by atoms with van der Waals surface area (Å²) in [6.45, 7) is 8.75. The summed E-state index contributed by atoms with van der Waals surface area (Å²) in [6.07, 6.45) is 0.571. The van der Waals surface area contributed by atoms with Gasteiger partial charge >= 0.3 is 6.09 Å². The van der Waals surface area contributed by atoms with Gasteiger partial charge in [-0.25, -0.2) is 4.79 Å². The van der Waals surface area contributed by atoms with Crippen molar-refractivity contribution in [3.05, 3.63) is 28.2 Å². The smallest absolute Gasteiger partial charge is 0.410 e. The highest BCUT2D eigenvalue weighted by molar-refractivity contribution is 9.10. The van der Waals surface area contributed by atoms with Gasteiger partial charge in [0, 0.05) is 12.1 Å². The first kappa shape index (κ1) is 17.8. The first-order valence-electron chi connectivity index (χ1n) is 7.07. The maximum atomic E-state index is 12.3. The molecule has 1 aromatic rings. The van der Waals surface area contributed by atoms with E-state index in [1.54, 1.807) is 12.0 Å². The Bertz CT molecular complexity index is 483. The Morgan fingerprint density at radius 3 is 2.52 bits per heavy atom. The number of halogens is 1. The molecule has 1 rings (SSSR count). The summed E-state index contributed by atoms with van der Waals surface area (Å²) in [4.78, 5) is 14.0. The minimum absolute atomic E-state index is 0.300. The van der Waals surface area contributed by atoms with Gasteiger partial charge in [-0.1, -0.05) is 19.1 Å². The summed E-state index contributed by atoms with van der Waals surface area (Å²) < 4.78 is 11.8. The molecule has 0 unspecified atom stereocenters. The molecule has 0 heterocycles. The molecule has 0 fully saturated rings. The normalized spacial score (nSPS) is 11.1. The van der Waals surface area contributed by atoms with Crippen LogP contribution in [0.25, 0.3) is 0 Å². The summed E-state index contributed by atoms with van der Waals surface area (Å²) in [7, 11) is 1.63. The predicted molar refractivity (Wildman–Crippen MR) is 87.6 cm³/mol. The van der Waals surface area contributed by atoms with E-state index in [9.17, 15) is 4.79 Å². The number of nitrogens with zero attached hydrogens (tertiary/aromatic N) is 1. The van der Waals surface area contributed by atoms with Gasteiger partial charge in [-0.05, 0) is 49.2 Å². The van der Waals surface area contributed by atoms with Crippen molar-refractivity contribution in [2.24, 2.45) is 0 Å². The van der Waals surface area contributed by atoms with Crippen LogP contribution in [0.2, 0.25) is 0 Å². The molecule has 1 amide bonds. The Hall–Kier alpha value is -1.23. The highest BCUT2D eigenvalue weighted by Crippen LogP contribution is 2.30. The zero-order chi connectivity index (χ0) is 16.0. The number of methoxy groups -OCH3 is 1. The zero-order valence-corrected chi connectivity index (χ0v) is 15.0. The fraction of sp³-hybridized carbons (Fsp3) is 0.562. The fourth-order valence-corrected chi connectivity index (χ4v) is 2.51. The maximum absolute atomic E-state index is 12.3. The largest absolute Gasteiger partial charge is 0.495 e. The van der Waals surface area contributed by atoms with Crippen LogP contribution in [-0.2, 0) is 11.3 Å². The van der Waals surface area contributed by atoms with Crippen molar-refractivity contribution in [3.8, 4) is 5.75 Å². The van der Waals surface area contributed by atoms with Gasteiger partial charge in [0.05, 0.1) is 18.1 Å². The second-order valence-corrected chi connectivity index (χ2v) is 6.69. The van der Waals surface area contributed by atoms with Crippen LogP contribution >= 0.6 is 15.9 Å². The SMILES string of the molecule is CCCN(Cc1cccc(Br)c1OC)C(=O)OC(C)(C)C. The molecule has 0 N–H and O–H groups in total. The van der Waals surface area contributed by atoms with Gasteiger partial charge in [0.15, 0.2) is 0 Å². The molecule has 118 valence electrons. The van der Waals surface area contributed by atoms with E-state index in [0.717, 1.165) is 22.2 Å². The van der Waals surface area contributed by atoms with Gasteiger partial charge in [0.25, 0.3) is 0 Å². The van der Waals surface area contributed by atoms with Crippen molar-refractivity contribution in [3.63, 3.8) is 0 Å². The van der Waals surface area contributed by atoms with Gasteiger partial charge < -0.3 is 14.4 Å². The Kier molecular flexibility index (Phi) is 6.52. The topological polar surface area (TPSA) is 38.8 Å². The molecule has 21 heavy (non-hydrogen) atoms. The lowest BCUT2D eigenvalue weighted by molar-refractivity contribution is 0.0232. The molecule has 0 aromatic heterocycles. The minimum Gasteiger partial charge on any atom is -0.495 e. The number of carbonyl (C=O) groups excluding carboxylic acids is 1. The summed E-state index contributed by atoms with van der Waals surface area (Å²) in [5.41, 5.74) is 0.455. The number of hydrogen-bond acceptors (Lipinski definition) is 3. The van der Waals surface area contributed by atoms with Gasteiger partial charge in [-0.2, -0.15) is 0 Å². The Balaban J connectivity index is 2.93. The summed E-state index contributed by atoms with van der Waals surface area (Å²) in [5.74, 6) is 0.752. The summed E-state index contributed by atoms with van der Waals surface area (Å²) >= 11 is 3.46. The monoisotopic (exact) mass is 357 g/mol. The number of rotatable bonds is 5. The quantitative estimate of drug-likeness (QED) is 0.772. The van der Waals surface area contributed by atoms with Gasteiger partial charge in [0.2, 0.25) is 0 Å². The van der Waals surface area contributed by atoms with E-state index in [-0.39, 0.29) is 6.09 Å². The van der Waals surface area contributed by atoms with E-state index in [0.29, 0.717) is 13.1 Å². The van der Waals surface area contributed by atoms with Crippen LogP contribution in [0.1, 0.15) is 39.7 Å². The molecular formula is C16H24BrNO3. The van der Waals surface area contributed by atoms with Gasteiger partial charge in [-0.3, -0.25) is 0 Å². The molecule has 0 atom stereocenters. The number of amides is 1. The molecule has 0 aliphatic carbocycles. The molecule has 0 spiro atoms. The third-order valence-corrected chi connectivity index (χ3v) is 3.38. The molecule has 0 saturated heterocycles. The summed E-state index contributed by atoms with van der Waals surface area (Å²) in [5, 5.41) is 0. The van der Waals surface area contributed by atoms with Crippen molar-refractivity contribution in [1.82, 2.24) is 4.90 Å². The van der Waals surface area contributed by atoms with E-state index in [1.807, 2.05) is 45.9 Å². The maximum Gasteiger partial charge on any atom is 0.410 e. The van der Waals surface area contributed by atoms with Crippen molar-refractivity contribution in [2.75, 3.05) is 13.7 Å². The Morgan fingerprint density at radius 2 is 2.00 bits per heavy atom. The fourth-order valence-electron chi connectivity index (χ4n) is 1.94. The average Bonchev–Trinajstić information content (AvgIpc) is 2.36. The molecule has 0 saturated carbocycles. The van der Waals surface area contributed by atoms with Crippen molar-refractivity contribution in [1.29, 1.82) is 0 Å². The van der Waals surface area contributed by atoms with Crippen molar-refractivity contribution >= 4 is 22.0 Å². The average molecular weight is 358 g/mol. The second-order valence-electron chi connectivity index (χ2n) is 5.83. The molecule has 0 bridgehead atoms. The van der Waals surface area contributed by atoms with E-state index >= 15 is 0 Å². The number of para-hydroxylation sites is 1. The molecule has 1 aromatic carbocycles. The summed E-state index contributed by atoms with van der Waals surface area (Å²) in [6, 6.07) is 5.80. The molecule has 5 heteroatoms.